The lowest BCUT2D eigenvalue weighted by molar-refractivity contribution is 0.102. The van der Waals surface area contributed by atoms with Crippen molar-refractivity contribution in [1.29, 1.82) is 5.26 Å². The van der Waals surface area contributed by atoms with Crippen LogP contribution in [0.15, 0.2) is 36.4 Å². The van der Waals surface area contributed by atoms with Crippen molar-refractivity contribution in [2.75, 3.05) is 5.32 Å². The number of hydrogen-bond donors (Lipinski definition) is 1. The van der Waals surface area contributed by atoms with Gasteiger partial charge in [-0.1, -0.05) is 16.8 Å². The molecule has 3 rings (SSSR count). The van der Waals surface area contributed by atoms with E-state index in [0.717, 1.165) is 5.52 Å². The van der Waals surface area contributed by atoms with Gasteiger partial charge in [0.2, 0.25) is 0 Å². The molecule has 0 saturated heterocycles. The molecule has 0 aliphatic rings. The minimum atomic E-state index is -0.279. The molecule has 1 amide bonds. The van der Waals surface area contributed by atoms with Crippen LogP contribution in [0.5, 0.6) is 0 Å². The van der Waals surface area contributed by atoms with Gasteiger partial charge in [-0.2, -0.15) is 5.26 Å². The van der Waals surface area contributed by atoms with Gasteiger partial charge < -0.3 is 5.32 Å². The molecule has 2 aromatic carbocycles. The first-order valence-corrected chi connectivity index (χ1v) is 7.34. The van der Waals surface area contributed by atoms with E-state index in [9.17, 15) is 4.79 Å². The number of carbonyl (C=O) groups excluding carboxylic acids is 1. The Morgan fingerprint density at radius 3 is 2.87 bits per heavy atom. The Kier molecular flexibility index (Phi) is 3.96. The highest BCUT2D eigenvalue weighted by molar-refractivity contribution is 6.32. The summed E-state index contributed by atoms with van der Waals surface area (Å²) in [5.74, 6) is -0.279. The number of aryl methyl sites for hydroxylation is 1. The maximum atomic E-state index is 12.3. The molecule has 6 nitrogen and oxygen atoms in total. The lowest BCUT2D eigenvalue weighted by Gasteiger charge is -2.06. The normalized spacial score (nSPS) is 10.5. The van der Waals surface area contributed by atoms with Crippen LogP contribution < -0.4 is 5.32 Å². The average Bonchev–Trinajstić information content (AvgIpc) is 2.97. The van der Waals surface area contributed by atoms with Crippen molar-refractivity contribution in [3.63, 3.8) is 0 Å². The third-order valence-corrected chi connectivity index (χ3v) is 3.74. The largest absolute Gasteiger partial charge is 0.322 e. The minimum absolute atomic E-state index is 0.279. The molecule has 1 aromatic heterocycles. The molecule has 0 unspecified atom stereocenters. The van der Waals surface area contributed by atoms with Gasteiger partial charge in [-0.05, 0) is 43.3 Å². The molecular weight excluding hydrogens is 314 g/mol. The zero-order valence-electron chi connectivity index (χ0n) is 12.2. The number of amides is 1. The standard InChI is InChI=1S/C16H12ClN5O/c1-2-22-15-6-4-10(7-14(15)20-21-22)16(23)19-12-5-3-11(9-18)13(17)8-12/h3-8H,2H2,1H3,(H,19,23). The molecule has 7 heteroatoms. The van der Waals surface area contributed by atoms with E-state index in [-0.39, 0.29) is 5.91 Å². The van der Waals surface area contributed by atoms with Gasteiger partial charge in [0.15, 0.2) is 0 Å². The van der Waals surface area contributed by atoms with E-state index in [4.69, 9.17) is 16.9 Å². The van der Waals surface area contributed by atoms with Crippen molar-refractivity contribution in [1.82, 2.24) is 15.0 Å². The smallest absolute Gasteiger partial charge is 0.255 e. The van der Waals surface area contributed by atoms with Crippen LogP contribution in [-0.2, 0) is 6.54 Å². The van der Waals surface area contributed by atoms with Gasteiger partial charge in [0, 0.05) is 17.8 Å². The summed E-state index contributed by atoms with van der Waals surface area (Å²) in [6, 6.07) is 11.9. The fourth-order valence-corrected chi connectivity index (χ4v) is 2.46. The molecule has 114 valence electrons. The number of anilines is 1. The number of aromatic nitrogens is 3. The first-order valence-electron chi connectivity index (χ1n) is 6.96. The summed E-state index contributed by atoms with van der Waals surface area (Å²) in [5, 5.41) is 20.0. The number of nitrogens with one attached hydrogen (secondary N) is 1. The second-order valence-corrected chi connectivity index (χ2v) is 5.28. The van der Waals surface area contributed by atoms with Gasteiger partial charge in [-0.3, -0.25) is 4.79 Å². The van der Waals surface area contributed by atoms with E-state index >= 15 is 0 Å². The third kappa shape index (κ3) is 2.87. The summed E-state index contributed by atoms with van der Waals surface area (Å²) < 4.78 is 1.76. The van der Waals surface area contributed by atoms with E-state index in [2.05, 4.69) is 15.6 Å². The van der Waals surface area contributed by atoms with Crippen LogP contribution in [0.2, 0.25) is 5.02 Å². The van der Waals surface area contributed by atoms with Crippen LogP contribution in [-0.4, -0.2) is 20.9 Å². The first-order chi connectivity index (χ1) is 11.1. The average molecular weight is 326 g/mol. The minimum Gasteiger partial charge on any atom is -0.322 e. The molecule has 3 aromatic rings. The Bertz CT molecular complexity index is 941. The monoisotopic (exact) mass is 325 g/mol. The first kappa shape index (κ1) is 15.0. The van der Waals surface area contributed by atoms with Crippen molar-refractivity contribution >= 4 is 34.2 Å². The second kappa shape index (κ2) is 6.07. The Morgan fingerprint density at radius 2 is 2.17 bits per heavy atom. The maximum absolute atomic E-state index is 12.3. The number of hydrogen-bond acceptors (Lipinski definition) is 4. The number of nitriles is 1. The SMILES string of the molecule is CCn1nnc2cc(C(=O)Nc3ccc(C#N)c(Cl)c3)ccc21. The number of fused-ring (bicyclic) bond motifs is 1. The van der Waals surface area contributed by atoms with Crippen LogP contribution in [0.4, 0.5) is 5.69 Å². The summed E-state index contributed by atoms with van der Waals surface area (Å²) in [6.07, 6.45) is 0. The molecular formula is C16H12ClN5O. The molecule has 0 aliphatic heterocycles. The van der Waals surface area contributed by atoms with Crippen molar-refractivity contribution in [3.05, 3.63) is 52.5 Å². The highest BCUT2D eigenvalue weighted by Gasteiger charge is 2.11. The lowest BCUT2D eigenvalue weighted by atomic mass is 10.1. The Hall–Kier alpha value is -2.91. The van der Waals surface area contributed by atoms with Gasteiger partial charge in [0.05, 0.1) is 16.1 Å². The number of benzene rings is 2. The Morgan fingerprint density at radius 1 is 1.35 bits per heavy atom. The zero-order chi connectivity index (χ0) is 16.4. The van der Waals surface area contributed by atoms with E-state index in [1.54, 1.807) is 35.0 Å². The number of halogens is 1. The van der Waals surface area contributed by atoms with Crippen LogP contribution in [0.1, 0.15) is 22.8 Å². The summed E-state index contributed by atoms with van der Waals surface area (Å²) in [7, 11) is 0. The fourth-order valence-electron chi connectivity index (χ4n) is 2.23. The molecule has 0 spiro atoms. The van der Waals surface area contributed by atoms with E-state index in [0.29, 0.717) is 33.9 Å². The highest BCUT2D eigenvalue weighted by Crippen LogP contribution is 2.21. The number of nitrogens with zero attached hydrogens (tertiary/aromatic N) is 4. The van der Waals surface area contributed by atoms with Gasteiger partial charge in [-0.25, -0.2) is 4.68 Å². The van der Waals surface area contributed by atoms with Crippen LogP contribution >= 0.6 is 11.6 Å². The van der Waals surface area contributed by atoms with Crippen molar-refractivity contribution in [2.24, 2.45) is 0 Å². The van der Waals surface area contributed by atoms with Gasteiger partial charge in [0.1, 0.15) is 11.6 Å². The number of carbonyl (C=O) groups is 1. The predicted octanol–water partition coefficient (Wildman–Crippen LogP) is 3.23. The summed E-state index contributed by atoms with van der Waals surface area (Å²) in [6.45, 7) is 2.69. The van der Waals surface area contributed by atoms with Crippen molar-refractivity contribution in [2.45, 2.75) is 13.5 Å². The fraction of sp³-hybridized carbons (Fsp3) is 0.125. The molecule has 0 atom stereocenters. The Labute approximate surface area is 137 Å². The van der Waals surface area contributed by atoms with E-state index < -0.39 is 0 Å². The summed E-state index contributed by atoms with van der Waals surface area (Å²) in [5.41, 5.74) is 2.91. The lowest BCUT2D eigenvalue weighted by Crippen LogP contribution is -2.11. The number of rotatable bonds is 3. The molecule has 1 N–H and O–H groups in total. The molecule has 0 radical (unpaired) electrons. The zero-order valence-corrected chi connectivity index (χ0v) is 13.0. The molecule has 1 heterocycles. The van der Waals surface area contributed by atoms with Gasteiger partial charge >= 0.3 is 0 Å². The molecule has 23 heavy (non-hydrogen) atoms. The van der Waals surface area contributed by atoms with Crippen molar-refractivity contribution < 1.29 is 4.79 Å². The molecule has 0 saturated carbocycles. The third-order valence-electron chi connectivity index (χ3n) is 3.42. The molecule has 0 aliphatic carbocycles. The van der Waals surface area contributed by atoms with Gasteiger partial charge in [0.25, 0.3) is 5.91 Å². The van der Waals surface area contributed by atoms with Crippen LogP contribution in [0.25, 0.3) is 11.0 Å². The summed E-state index contributed by atoms with van der Waals surface area (Å²) >= 11 is 5.96. The molecule has 0 fully saturated rings. The van der Waals surface area contributed by atoms with E-state index in [1.165, 1.54) is 0 Å². The van der Waals surface area contributed by atoms with Crippen molar-refractivity contribution in [3.8, 4) is 6.07 Å². The topological polar surface area (TPSA) is 83.6 Å². The summed E-state index contributed by atoms with van der Waals surface area (Å²) in [4.78, 5) is 12.3. The van der Waals surface area contributed by atoms with E-state index in [1.807, 2.05) is 19.1 Å². The predicted molar refractivity (Wildman–Crippen MR) is 87.3 cm³/mol. The molecule has 0 bridgehead atoms. The highest BCUT2D eigenvalue weighted by atomic mass is 35.5. The second-order valence-electron chi connectivity index (χ2n) is 4.87. The van der Waals surface area contributed by atoms with Gasteiger partial charge in [-0.15, -0.1) is 5.10 Å². The van der Waals surface area contributed by atoms with Crippen LogP contribution in [0, 0.1) is 11.3 Å². The van der Waals surface area contributed by atoms with Crippen LogP contribution in [0.3, 0.4) is 0 Å². The Balaban J connectivity index is 1.86. The quantitative estimate of drug-likeness (QED) is 0.801. The maximum Gasteiger partial charge on any atom is 0.255 e.